The molecule has 218 valence electrons. The lowest BCUT2D eigenvalue weighted by Crippen LogP contribution is -2.28. The number of halogens is 1. The summed E-state index contributed by atoms with van der Waals surface area (Å²) in [7, 11) is 1.33. The maximum Gasteiger partial charge on any atom is 0.254 e. The quantitative estimate of drug-likeness (QED) is 0.257. The van der Waals surface area contributed by atoms with E-state index < -0.39 is 11.7 Å². The number of hydrogen-bond acceptors (Lipinski definition) is 8. The fraction of sp³-hybridized carbons (Fsp3) is 0.125. The van der Waals surface area contributed by atoms with Gasteiger partial charge in [0.25, 0.3) is 5.91 Å². The number of aromatic nitrogens is 6. The lowest BCUT2D eigenvalue weighted by Gasteiger charge is -2.16. The molecule has 11 nitrogen and oxygen atoms in total. The molecule has 7 rings (SSSR count). The van der Waals surface area contributed by atoms with E-state index in [1.807, 2.05) is 53.2 Å². The highest BCUT2D eigenvalue weighted by atomic mass is 19.1. The molecule has 4 aromatic heterocycles. The van der Waals surface area contributed by atoms with Gasteiger partial charge in [0.05, 0.1) is 29.8 Å². The Morgan fingerprint density at radius 3 is 2.77 bits per heavy atom. The average Bonchev–Trinajstić information content (AvgIpc) is 3.80. The van der Waals surface area contributed by atoms with Gasteiger partial charge in [-0.15, -0.1) is 0 Å². The van der Waals surface area contributed by atoms with Crippen LogP contribution in [-0.2, 0) is 6.42 Å². The van der Waals surface area contributed by atoms with Crippen molar-refractivity contribution in [2.24, 2.45) is 0 Å². The Bertz CT molecular complexity index is 2070. The summed E-state index contributed by atoms with van der Waals surface area (Å²) in [5.74, 6) is 0.235. The van der Waals surface area contributed by atoms with Crippen LogP contribution >= 0.6 is 0 Å². The Kier molecular flexibility index (Phi) is 6.58. The normalized spacial score (nSPS) is 14.0. The standard InChI is InChI=1S/C32H25FN8O3/c1-44-27-16-24(33)23(15-19(27)17-42)32(43)38-25-8-5-18-14-20(6-7-21(18)25)41-30(22-4-2-11-35-29(22)34)37-26-9-10-28(39-31(26)41)40-13-3-12-36-40/h2-4,6-7,9-17,25H,5,8H2,1H3,(H2,34,35)(H,38,43)/t25-/m0/s1. The highest BCUT2D eigenvalue weighted by Gasteiger charge is 2.27. The van der Waals surface area contributed by atoms with Crippen LogP contribution in [0.15, 0.2) is 79.3 Å². The number of benzene rings is 2. The first-order valence-electron chi connectivity index (χ1n) is 13.8. The van der Waals surface area contributed by atoms with Crippen LogP contribution < -0.4 is 15.8 Å². The number of amides is 1. The molecule has 1 aliphatic carbocycles. The number of carbonyl (C=O) groups is 2. The van der Waals surface area contributed by atoms with Gasteiger partial charge in [0, 0.05) is 30.3 Å². The Labute approximate surface area is 250 Å². The van der Waals surface area contributed by atoms with Crippen LogP contribution in [0.2, 0.25) is 0 Å². The minimum absolute atomic E-state index is 0.0680. The maximum absolute atomic E-state index is 14.7. The molecule has 0 bridgehead atoms. The monoisotopic (exact) mass is 588 g/mol. The van der Waals surface area contributed by atoms with Gasteiger partial charge < -0.3 is 15.8 Å². The molecule has 1 aliphatic rings. The van der Waals surface area contributed by atoms with Crippen LogP contribution in [0.3, 0.4) is 0 Å². The van der Waals surface area contributed by atoms with Gasteiger partial charge in [0.15, 0.2) is 23.6 Å². The molecule has 0 spiro atoms. The number of carbonyl (C=O) groups excluding carboxylic acids is 2. The van der Waals surface area contributed by atoms with Crippen molar-refractivity contribution >= 4 is 29.2 Å². The summed E-state index contributed by atoms with van der Waals surface area (Å²) in [6.07, 6.45) is 6.96. The SMILES string of the molecule is COc1cc(F)c(C(=O)N[C@H]2CCc3cc(-n4c(-c5cccnc5N)nc5ccc(-n6cccn6)nc54)ccc32)cc1C=O. The van der Waals surface area contributed by atoms with Crippen LogP contribution in [0.1, 0.15) is 44.3 Å². The number of hydrogen-bond donors (Lipinski definition) is 2. The van der Waals surface area contributed by atoms with E-state index in [9.17, 15) is 14.0 Å². The number of ether oxygens (including phenoxy) is 1. The van der Waals surface area contributed by atoms with Crippen LogP contribution in [-0.4, -0.2) is 48.6 Å². The van der Waals surface area contributed by atoms with Crippen molar-refractivity contribution in [3.63, 3.8) is 0 Å². The zero-order valence-corrected chi connectivity index (χ0v) is 23.4. The third kappa shape index (κ3) is 4.53. The molecule has 6 aromatic rings. The van der Waals surface area contributed by atoms with Crippen molar-refractivity contribution in [3.8, 4) is 28.6 Å². The van der Waals surface area contributed by atoms with Gasteiger partial charge >= 0.3 is 0 Å². The number of aryl methyl sites for hydroxylation is 1. The lowest BCUT2D eigenvalue weighted by atomic mass is 10.1. The van der Waals surface area contributed by atoms with Crippen LogP contribution in [0.4, 0.5) is 10.2 Å². The number of nitrogens with zero attached hydrogens (tertiary/aromatic N) is 6. The Hall–Kier alpha value is -5.91. The van der Waals surface area contributed by atoms with Gasteiger partial charge in [0.1, 0.15) is 22.9 Å². The molecule has 4 heterocycles. The van der Waals surface area contributed by atoms with Crippen molar-refractivity contribution in [1.29, 1.82) is 0 Å². The zero-order chi connectivity index (χ0) is 30.4. The number of aldehydes is 1. The fourth-order valence-corrected chi connectivity index (χ4v) is 5.65. The highest BCUT2D eigenvalue weighted by Crippen LogP contribution is 2.36. The number of nitrogen functional groups attached to an aromatic ring is 1. The maximum atomic E-state index is 14.7. The number of imidazole rings is 1. The minimum atomic E-state index is -0.769. The van der Waals surface area contributed by atoms with Gasteiger partial charge in [-0.1, -0.05) is 6.07 Å². The first-order valence-corrected chi connectivity index (χ1v) is 13.8. The van der Waals surface area contributed by atoms with E-state index in [2.05, 4.69) is 15.4 Å². The summed E-state index contributed by atoms with van der Waals surface area (Å²) in [5.41, 5.74) is 10.8. The Morgan fingerprint density at radius 2 is 2.00 bits per heavy atom. The van der Waals surface area contributed by atoms with Gasteiger partial charge in [0.2, 0.25) is 0 Å². The predicted molar refractivity (Wildman–Crippen MR) is 160 cm³/mol. The summed E-state index contributed by atoms with van der Waals surface area (Å²) in [5, 5.41) is 7.24. The number of nitrogens with two attached hydrogens (primary N) is 1. The van der Waals surface area contributed by atoms with Crippen LogP contribution in [0.25, 0.3) is 34.1 Å². The first kappa shape index (κ1) is 27.0. The third-order valence-corrected chi connectivity index (χ3v) is 7.77. The average molecular weight is 589 g/mol. The van der Waals surface area contributed by atoms with Crippen molar-refractivity contribution < 1.29 is 18.7 Å². The number of nitrogens with one attached hydrogen (secondary N) is 1. The molecule has 0 aliphatic heterocycles. The number of rotatable bonds is 7. The minimum Gasteiger partial charge on any atom is -0.496 e. The summed E-state index contributed by atoms with van der Waals surface area (Å²) >= 11 is 0. The van der Waals surface area contributed by atoms with Gasteiger partial charge in [-0.3, -0.25) is 14.2 Å². The topological polar surface area (TPSA) is 143 Å². The largest absolute Gasteiger partial charge is 0.496 e. The molecule has 1 amide bonds. The Morgan fingerprint density at radius 1 is 1.11 bits per heavy atom. The first-order chi connectivity index (χ1) is 21.4. The number of fused-ring (bicyclic) bond motifs is 2. The molecule has 1 atom stereocenters. The second kappa shape index (κ2) is 10.7. The second-order valence-corrected chi connectivity index (χ2v) is 10.3. The van der Waals surface area contributed by atoms with Crippen molar-refractivity contribution in [3.05, 3.63) is 107 Å². The molecule has 0 saturated carbocycles. The summed E-state index contributed by atoms with van der Waals surface area (Å²) < 4.78 is 23.4. The van der Waals surface area contributed by atoms with Crippen molar-refractivity contribution in [2.45, 2.75) is 18.9 Å². The smallest absolute Gasteiger partial charge is 0.254 e. The molecule has 2 aromatic carbocycles. The van der Waals surface area contributed by atoms with E-state index in [4.69, 9.17) is 20.4 Å². The van der Waals surface area contributed by atoms with E-state index in [1.165, 1.54) is 13.2 Å². The molecular weight excluding hydrogens is 563 g/mol. The Balaban J connectivity index is 1.27. The molecule has 0 fully saturated rings. The number of methoxy groups -OCH3 is 1. The second-order valence-electron chi connectivity index (χ2n) is 10.3. The summed E-state index contributed by atoms with van der Waals surface area (Å²) in [6.45, 7) is 0. The molecule has 0 unspecified atom stereocenters. The highest BCUT2D eigenvalue weighted by molar-refractivity contribution is 5.97. The zero-order valence-electron chi connectivity index (χ0n) is 23.4. The third-order valence-electron chi connectivity index (χ3n) is 7.77. The summed E-state index contributed by atoms with van der Waals surface area (Å²) in [4.78, 5) is 38.6. The predicted octanol–water partition coefficient (Wildman–Crippen LogP) is 4.63. The molecule has 3 N–H and O–H groups in total. The molecule has 0 radical (unpaired) electrons. The number of pyridine rings is 2. The fourth-order valence-electron chi connectivity index (χ4n) is 5.65. The van der Waals surface area contributed by atoms with Gasteiger partial charge in [-0.05, 0) is 72.5 Å². The number of anilines is 1. The van der Waals surface area contributed by atoms with Gasteiger partial charge in [-0.2, -0.15) is 5.10 Å². The molecule has 44 heavy (non-hydrogen) atoms. The lowest BCUT2D eigenvalue weighted by molar-refractivity contribution is 0.0932. The van der Waals surface area contributed by atoms with Crippen molar-refractivity contribution in [2.75, 3.05) is 12.8 Å². The molecule has 12 heteroatoms. The van der Waals surface area contributed by atoms with Crippen LogP contribution in [0.5, 0.6) is 5.75 Å². The van der Waals surface area contributed by atoms with Gasteiger partial charge in [-0.25, -0.2) is 24.0 Å². The summed E-state index contributed by atoms with van der Waals surface area (Å²) in [6, 6.07) is 17.1. The van der Waals surface area contributed by atoms with E-state index in [0.717, 1.165) is 22.9 Å². The van der Waals surface area contributed by atoms with Crippen molar-refractivity contribution in [1.82, 2.24) is 34.6 Å². The van der Waals surface area contributed by atoms with E-state index >= 15 is 0 Å². The van der Waals surface area contributed by atoms with E-state index in [-0.39, 0.29) is 22.9 Å². The van der Waals surface area contributed by atoms with Crippen LogP contribution in [0, 0.1) is 5.82 Å². The van der Waals surface area contributed by atoms with E-state index in [0.29, 0.717) is 53.3 Å². The molecule has 0 saturated heterocycles. The molecular formula is C32H25FN8O3. The van der Waals surface area contributed by atoms with E-state index in [1.54, 1.807) is 23.1 Å².